The molecule has 0 saturated heterocycles. The molecule has 0 unspecified atom stereocenters. The predicted molar refractivity (Wildman–Crippen MR) is 76.7 cm³/mol. The summed E-state index contributed by atoms with van der Waals surface area (Å²) < 4.78 is 21.0. The summed E-state index contributed by atoms with van der Waals surface area (Å²) in [5.41, 5.74) is 8.58. The lowest BCUT2D eigenvalue weighted by atomic mass is 10.2. The van der Waals surface area contributed by atoms with E-state index in [9.17, 15) is 4.39 Å². The summed E-state index contributed by atoms with van der Waals surface area (Å²) in [6.45, 7) is 1.84. The van der Waals surface area contributed by atoms with Gasteiger partial charge in [0.25, 0.3) is 0 Å². The summed E-state index contributed by atoms with van der Waals surface area (Å²) in [5, 5.41) is 0. The van der Waals surface area contributed by atoms with Gasteiger partial charge in [-0.3, -0.25) is 4.57 Å². The minimum absolute atomic E-state index is 0.251. The van der Waals surface area contributed by atoms with E-state index in [0.29, 0.717) is 17.0 Å². The third-order valence-corrected chi connectivity index (χ3v) is 3.30. The fourth-order valence-electron chi connectivity index (χ4n) is 2.34. The van der Waals surface area contributed by atoms with Gasteiger partial charge in [0.05, 0.1) is 23.8 Å². The van der Waals surface area contributed by atoms with Gasteiger partial charge in [-0.2, -0.15) is 0 Å². The molecule has 0 aliphatic heterocycles. The number of nitrogens with two attached hydrogens (primary N) is 1. The van der Waals surface area contributed by atoms with Gasteiger partial charge in [-0.1, -0.05) is 12.1 Å². The van der Waals surface area contributed by atoms with Gasteiger partial charge in [-0.15, -0.1) is 0 Å². The highest BCUT2D eigenvalue weighted by molar-refractivity contribution is 5.82. The van der Waals surface area contributed by atoms with Crippen LogP contribution in [0.15, 0.2) is 36.4 Å². The molecule has 0 radical (unpaired) electrons. The lowest BCUT2D eigenvalue weighted by molar-refractivity contribution is 0.415. The summed E-state index contributed by atoms with van der Waals surface area (Å²) in [7, 11) is 1.58. The van der Waals surface area contributed by atoms with E-state index < -0.39 is 0 Å². The number of fused-ring (bicyclic) bond motifs is 1. The number of benzene rings is 2. The van der Waals surface area contributed by atoms with Crippen LogP contribution in [0.2, 0.25) is 0 Å². The van der Waals surface area contributed by atoms with Gasteiger partial charge >= 0.3 is 0 Å². The number of nitrogens with zero attached hydrogens (tertiary/aromatic N) is 2. The fraction of sp³-hybridized carbons (Fsp3) is 0.133. The van der Waals surface area contributed by atoms with Crippen LogP contribution in [0.3, 0.4) is 0 Å². The molecule has 0 saturated carbocycles. The molecule has 4 nitrogen and oxygen atoms in total. The standard InChI is InChI=1S/C15H14FN3O/c1-9-4-3-5-11(16)14(9)19-13-8-10(20-2)6-7-12(13)18-15(19)17/h3-8H,1-2H3,(H2,17,18). The summed E-state index contributed by atoms with van der Waals surface area (Å²) in [6, 6.07) is 10.3. The molecular formula is C15H14FN3O. The first-order valence-electron chi connectivity index (χ1n) is 6.19. The Kier molecular flexibility index (Phi) is 2.82. The Bertz CT molecular complexity index is 775. The fourth-order valence-corrected chi connectivity index (χ4v) is 2.34. The number of aryl methyl sites for hydroxylation is 1. The molecule has 20 heavy (non-hydrogen) atoms. The summed E-state index contributed by atoms with van der Waals surface area (Å²) in [6.07, 6.45) is 0. The highest BCUT2D eigenvalue weighted by atomic mass is 19.1. The first-order valence-corrected chi connectivity index (χ1v) is 6.19. The molecule has 1 aromatic heterocycles. The van der Waals surface area contributed by atoms with E-state index in [1.54, 1.807) is 35.9 Å². The molecule has 0 spiro atoms. The van der Waals surface area contributed by atoms with Gasteiger partial charge in [-0.25, -0.2) is 9.37 Å². The summed E-state index contributed by atoms with van der Waals surface area (Å²) in [4.78, 5) is 4.27. The summed E-state index contributed by atoms with van der Waals surface area (Å²) >= 11 is 0. The number of hydrogen-bond acceptors (Lipinski definition) is 3. The van der Waals surface area contributed by atoms with Gasteiger partial charge in [0.15, 0.2) is 0 Å². The minimum Gasteiger partial charge on any atom is -0.497 e. The Balaban J connectivity index is 2.38. The van der Waals surface area contributed by atoms with Crippen LogP contribution in [0.25, 0.3) is 16.7 Å². The molecule has 1 heterocycles. The first kappa shape index (κ1) is 12.5. The van der Waals surface area contributed by atoms with Crippen LogP contribution < -0.4 is 10.5 Å². The van der Waals surface area contributed by atoms with Crippen LogP contribution in [0, 0.1) is 12.7 Å². The second-order valence-electron chi connectivity index (χ2n) is 4.57. The second kappa shape index (κ2) is 4.52. The Morgan fingerprint density at radius 2 is 2.05 bits per heavy atom. The van der Waals surface area contributed by atoms with Gasteiger partial charge in [-0.05, 0) is 30.7 Å². The zero-order chi connectivity index (χ0) is 14.3. The van der Waals surface area contributed by atoms with E-state index in [1.807, 2.05) is 13.0 Å². The third kappa shape index (κ3) is 1.79. The number of anilines is 1. The van der Waals surface area contributed by atoms with Crippen LogP contribution in [-0.2, 0) is 0 Å². The smallest absolute Gasteiger partial charge is 0.206 e. The Morgan fingerprint density at radius 3 is 2.75 bits per heavy atom. The maximum Gasteiger partial charge on any atom is 0.206 e. The monoisotopic (exact) mass is 271 g/mol. The number of nitrogen functional groups attached to an aromatic ring is 1. The van der Waals surface area contributed by atoms with E-state index in [-0.39, 0.29) is 11.8 Å². The lowest BCUT2D eigenvalue weighted by Crippen LogP contribution is -2.05. The predicted octanol–water partition coefficient (Wildman–Crippen LogP) is 3.06. The number of rotatable bonds is 2. The molecule has 0 amide bonds. The van der Waals surface area contributed by atoms with Gasteiger partial charge in [0, 0.05) is 6.07 Å². The van der Waals surface area contributed by atoms with Crippen molar-refractivity contribution in [3.63, 3.8) is 0 Å². The van der Waals surface area contributed by atoms with E-state index in [0.717, 1.165) is 11.1 Å². The Labute approximate surface area is 115 Å². The number of ether oxygens (including phenoxy) is 1. The normalized spacial score (nSPS) is 10.9. The largest absolute Gasteiger partial charge is 0.497 e. The van der Waals surface area contributed by atoms with Crippen molar-refractivity contribution < 1.29 is 9.13 Å². The molecule has 3 aromatic rings. The Hall–Kier alpha value is -2.56. The number of para-hydroxylation sites is 1. The topological polar surface area (TPSA) is 53.1 Å². The summed E-state index contributed by atoms with van der Waals surface area (Å²) in [5.74, 6) is 0.591. The molecule has 2 aromatic carbocycles. The third-order valence-electron chi connectivity index (χ3n) is 3.30. The van der Waals surface area contributed by atoms with E-state index >= 15 is 0 Å². The van der Waals surface area contributed by atoms with Crippen LogP contribution >= 0.6 is 0 Å². The van der Waals surface area contributed by atoms with Gasteiger partial charge in [0.2, 0.25) is 5.95 Å². The quantitative estimate of drug-likeness (QED) is 0.779. The average Bonchev–Trinajstić information content (AvgIpc) is 2.74. The maximum absolute atomic E-state index is 14.2. The van der Waals surface area contributed by atoms with Crippen molar-refractivity contribution in [3.8, 4) is 11.4 Å². The van der Waals surface area contributed by atoms with Crippen LogP contribution in [-0.4, -0.2) is 16.7 Å². The minimum atomic E-state index is -0.334. The number of methoxy groups -OCH3 is 1. The van der Waals surface area contributed by atoms with Gasteiger partial charge in [0.1, 0.15) is 11.6 Å². The zero-order valence-corrected chi connectivity index (χ0v) is 11.2. The van der Waals surface area contributed by atoms with Crippen molar-refractivity contribution in [2.24, 2.45) is 0 Å². The van der Waals surface area contributed by atoms with Crippen LogP contribution in [0.5, 0.6) is 5.75 Å². The van der Waals surface area contributed by atoms with E-state index in [1.165, 1.54) is 6.07 Å². The van der Waals surface area contributed by atoms with E-state index in [4.69, 9.17) is 10.5 Å². The SMILES string of the molecule is COc1ccc2nc(N)n(-c3c(C)cccc3F)c2c1. The van der Waals surface area contributed by atoms with Crippen LogP contribution in [0.1, 0.15) is 5.56 Å². The highest BCUT2D eigenvalue weighted by Crippen LogP contribution is 2.29. The second-order valence-corrected chi connectivity index (χ2v) is 4.57. The Morgan fingerprint density at radius 1 is 1.25 bits per heavy atom. The molecule has 0 aliphatic carbocycles. The molecule has 102 valence electrons. The molecule has 0 fully saturated rings. The van der Waals surface area contributed by atoms with Crippen molar-refractivity contribution in [2.45, 2.75) is 6.92 Å². The molecule has 2 N–H and O–H groups in total. The van der Waals surface area contributed by atoms with Crippen molar-refractivity contribution in [1.29, 1.82) is 0 Å². The van der Waals surface area contributed by atoms with Crippen LogP contribution in [0.4, 0.5) is 10.3 Å². The first-order chi connectivity index (χ1) is 9.61. The number of imidazole rings is 1. The molecule has 5 heteroatoms. The molecule has 0 bridgehead atoms. The number of hydrogen-bond donors (Lipinski definition) is 1. The van der Waals surface area contributed by atoms with Crippen molar-refractivity contribution in [1.82, 2.24) is 9.55 Å². The van der Waals surface area contributed by atoms with Gasteiger partial charge < -0.3 is 10.5 Å². The van der Waals surface area contributed by atoms with Crippen molar-refractivity contribution in [3.05, 3.63) is 47.8 Å². The van der Waals surface area contributed by atoms with Crippen molar-refractivity contribution >= 4 is 17.0 Å². The molecule has 0 aliphatic rings. The maximum atomic E-state index is 14.2. The molecule has 0 atom stereocenters. The lowest BCUT2D eigenvalue weighted by Gasteiger charge is -2.11. The number of aromatic nitrogens is 2. The number of halogens is 1. The zero-order valence-electron chi connectivity index (χ0n) is 11.2. The molecular weight excluding hydrogens is 257 g/mol. The van der Waals surface area contributed by atoms with Crippen molar-refractivity contribution in [2.75, 3.05) is 12.8 Å². The molecule has 3 rings (SSSR count). The van der Waals surface area contributed by atoms with E-state index in [2.05, 4.69) is 4.98 Å². The average molecular weight is 271 g/mol. The highest BCUT2D eigenvalue weighted by Gasteiger charge is 2.15.